The van der Waals surface area contributed by atoms with Gasteiger partial charge in [-0.2, -0.15) is 5.10 Å². The van der Waals surface area contributed by atoms with E-state index in [2.05, 4.69) is 10.4 Å². The SMILES string of the molecule is C[C@H](Oc1cc(C(=O)NC(CCC(=O)O)C(=O)N2CCN(C(=O)O)CC2)nn1-c1ccccc1)C(=O)N1CCC[C@H]1C(=O)N(C)C. The van der Waals surface area contributed by atoms with Gasteiger partial charge in [-0.1, -0.05) is 18.2 Å². The molecule has 3 atom stereocenters. The number of carbonyl (C=O) groups is 6. The lowest BCUT2D eigenvalue weighted by molar-refractivity contribution is -0.146. The van der Waals surface area contributed by atoms with E-state index in [1.54, 1.807) is 51.4 Å². The first-order valence-corrected chi connectivity index (χ1v) is 15.0. The van der Waals surface area contributed by atoms with Gasteiger partial charge in [0.25, 0.3) is 11.8 Å². The van der Waals surface area contributed by atoms with Gasteiger partial charge in [0.1, 0.15) is 12.1 Å². The lowest BCUT2D eigenvalue weighted by Gasteiger charge is -2.35. The van der Waals surface area contributed by atoms with E-state index in [4.69, 9.17) is 4.74 Å². The Bertz CT molecular complexity index is 1450. The van der Waals surface area contributed by atoms with Crippen LogP contribution in [0.2, 0.25) is 0 Å². The fraction of sp³-hybridized carbons (Fsp3) is 0.500. The van der Waals surface area contributed by atoms with Gasteiger partial charge in [-0.3, -0.25) is 24.0 Å². The molecule has 16 nitrogen and oxygen atoms in total. The molecule has 1 aromatic heterocycles. The van der Waals surface area contributed by atoms with Crippen LogP contribution >= 0.6 is 0 Å². The highest BCUT2D eigenvalue weighted by atomic mass is 16.5. The minimum atomic E-state index is -1.21. The van der Waals surface area contributed by atoms with E-state index in [1.807, 2.05) is 0 Å². The zero-order chi connectivity index (χ0) is 33.5. The largest absolute Gasteiger partial charge is 0.481 e. The zero-order valence-electron chi connectivity index (χ0n) is 26.0. The van der Waals surface area contributed by atoms with E-state index in [1.165, 1.54) is 30.3 Å². The molecule has 2 aromatic rings. The summed E-state index contributed by atoms with van der Waals surface area (Å²) in [5, 5.41) is 25.4. The number of carbonyl (C=O) groups excluding carboxylic acids is 4. The summed E-state index contributed by atoms with van der Waals surface area (Å²) in [5.41, 5.74) is 0.372. The number of benzene rings is 1. The molecule has 4 rings (SSSR count). The van der Waals surface area contributed by atoms with Gasteiger partial charge in [-0.05, 0) is 38.3 Å². The van der Waals surface area contributed by atoms with Crippen LogP contribution in [0.5, 0.6) is 5.88 Å². The molecule has 3 heterocycles. The average molecular weight is 642 g/mol. The monoisotopic (exact) mass is 641 g/mol. The number of amides is 5. The summed E-state index contributed by atoms with van der Waals surface area (Å²) in [4.78, 5) is 81.0. The van der Waals surface area contributed by atoms with Crippen LogP contribution in [-0.2, 0) is 19.2 Å². The molecule has 0 spiro atoms. The molecule has 0 bridgehead atoms. The average Bonchev–Trinajstić information content (AvgIpc) is 3.70. The fourth-order valence-electron chi connectivity index (χ4n) is 5.46. The minimum absolute atomic E-state index is 0.0603. The van der Waals surface area contributed by atoms with Crippen LogP contribution in [0.25, 0.3) is 5.69 Å². The number of piperazine rings is 1. The summed E-state index contributed by atoms with van der Waals surface area (Å²) in [6.45, 7) is 2.30. The Morgan fingerprint density at radius 2 is 1.63 bits per heavy atom. The molecule has 5 amide bonds. The third-order valence-electron chi connectivity index (χ3n) is 7.93. The van der Waals surface area contributed by atoms with Crippen LogP contribution in [0.15, 0.2) is 36.4 Å². The lowest BCUT2D eigenvalue weighted by atomic mass is 10.1. The standard InChI is InChI=1S/C30H39N7O9/c1-19(27(41)36-13-7-10-23(36)29(43)33(2)3)46-24-18-22(32-37(24)20-8-5-4-6-9-20)26(40)31-21(11-12-25(38)39)28(42)34-14-16-35(17-15-34)30(44)45/h4-6,8-9,18-19,21,23H,7,10-17H2,1-3H3,(H,31,40)(H,38,39)(H,44,45)/t19-,21?,23-/m0/s1. The molecule has 2 aliphatic rings. The summed E-state index contributed by atoms with van der Waals surface area (Å²) in [5.74, 6) is -2.98. The molecule has 2 fully saturated rings. The third-order valence-corrected chi connectivity index (χ3v) is 7.93. The van der Waals surface area contributed by atoms with E-state index in [9.17, 15) is 39.0 Å². The fourth-order valence-corrected chi connectivity index (χ4v) is 5.46. The number of hydrogen-bond acceptors (Lipinski definition) is 8. The number of rotatable bonds is 11. The highest BCUT2D eigenvalue weighted by Crippen LogP contribution is 2.24. The number of para-hydroxylation sites is 1. The van der Waals surface area contributed by atoms with Gasteiger partial charge >= 0.3 is 12.1 Å². The van der Waals surface area contributed by atoms with E-state index in [0.717, 1.165) is 0 Å². The minimum Gasteiger partial charge on any atom is -0.481 e. The molecule has 16 heteroatoms. The third kappa shape index (κ3) is 7.92. The molecule has 2 aliphatic heterocycles. The van der Waals surface area contributed by atoms with Crippen molar-refractivity contribution in [3.63, 3.8) is 0 Å². The summed E-state index contributed by atoms with van der Waals surface area (Å²) in [6, 6.07) is 8.24. The Balaban J connectivity index is 1.55. The van der Waals surface area contributed by atoms with Crippen LogP contribution in [0.4, 0.5) is 4.79 Å². The Morgan fingerprint density at radius 3 is 2.24 bits per heavy atom. The van der Waals surface area contributed by atoms with Crippen molar-refractivity contribution < 1.29 is 43.7 Å². The molecule has 1 aromatic carbocycles. The van der Waals surface area contributed by atoms with Crippen molar-refractivity contribution in [1.29, 1.82) is 0 Å². The van der Waals surface area contributed by atoms with Crippen molar-refractivity contribution >= 4 is 35.7 Å². The predicted molar refractivity (Wildman–Crippen MR) is 161 cm³/mol. The summed E-state index contributed by atoms with van der Waals surface area (Å²) in [7, 11) is 3.26. The van der Waals surface area contributed by atoms with Crippen LogP contribution in [0.1, 0.15) is 43.1 Å². The van der Waals surface area contributed by atoms with Crippen LogP contribution in [-0.4, -0.2) is 140 Å². The smallest absolute Gasteiger partial charge is 0.407 e. The number of aromatic nitrogens is 2. The first kappa shape index (κ1) is 33.7. The Hall–Kier alpha value is -5.15. The summed E-state index contributed by atoms with van der Waals surface area (Å²) >= 11 is 0. The van der Waals surface area contributed by atoms with Gasteiger partial charge in [0.2, 0.25) is 17.7 Å². The van der Waals surface area contributed by atoms with Gasteiger partial charge in [0.15, 0.2) is 11.8 Å². The van der Waals surface area contributed by atoms with Gasteiger partial charge in [-0.25, -0.2) is 9.48 Å². The zero-order valence-corrected chi connectivity index (χ0v) is 26.0. The molecule has 0 aliphatic carbocycles. The lowest BCUT2D eigenvalue weighted by Crippen LogP contribution is -2.55. The first-order valence-electron chi connectivity index (χ1n) is 15.0. The maximum absolute atomic E-state index is 13.5. The number of carboxylic acid groups (broad SMARTS) is 2. The maximum atomic E-state index is 13.5. The molecule has 0 saturated carbocycles. The highest BCUT2D eigenvalue weighted by Gasteiger charge is 2.38. The van der Waals surface area contributed by atoms with Gasteiger partial charge in [-0.15, -0.1) is 0 Å². The van der Waals surface area contributed by atoms with Gasteiger partial charge in [0.05, 0.1) is 5.69 Å². The summed E-state index contributed by atoms with van der Waals surface area (Å²) < 4.78 is 7.39. The van der Waals surface area contributed by atoms with Crippen molar-refractivity contribution in [3.05, 3.63) is 42.1 Å². The maximum Gasteiger partial charge on any atom is 0.407 e. The van der Waals surface area contributed by atoms with Crippen molar-refractivity contribution in [2.24, 2.45) is 0 Å². The van der Waals surface area contributed by atoms with E-state index >= 15 is 0 Å². The van der Waals surface area contributed by atoms with E-state index in [0.29, 0.717) is 25.1 Å². The number of likely N-dealkylation sites (N-methyl/N-ethyl adjacent to an activating group) is 1. The number of nitrogens with zero attached hydrogens (tertiary/aromatic N) is 6. The van der Waals surface area contributed by atoms with Crippen molar-refractivity contribution in [2.45, 2.75) is 50.8 Å². The van der Waals surface area contributed by atoms with Crippen LogP contribution in [0, 0.1) is 0 Å². The van der Waals surface area contributed by atoms with Crippen LogP contribution < -0.4 is 10.1 Å². The number of aliphatic carboxylic acids is 1. The Morgan fingerprint density at radius 1 is 0.978 bits per heavy atom. The molecular weight excluding hydrogens is 602 g/mol. The number of carboxylic acids is 1. The molecule has 2 saturated heterocycles. The molecule has 248 valence electrons. The highest BCUT2D eigenvalue weighted by molar-refractivity contribution is 5.96. The van der Waals surface area contributed by atoms with E-state index in [-0.39, 0.29) is 50.1 Å². The van der Waals surface area contributed by atoms with Crippen molar-refractivity contribution in [2.75, 3.05) is 46.8 Å². The topological polar surface area (TPSA) is 195 Å². The van der Waals surface area contributed by atoms with Gasteiger partial charge < -0.3 is 39.9 Å². The number of hydrogen-bond donors (Lipinski definition) is 3. The van der Waals surface area contributed by atoms with E-state index < -0.39 is 54.4 Å². The van der Waals surface area contributed by atoms with Crippen LogP contribution in [0.3, 0.4) is 0 Å². The quantitative estimate of drug-likeness (QED) is 0.311. The van der Waals surface area contributed by atoms with Gasteiger partial charge in [0, 0.05) is 59.3 Å². The Labute approximate surface area is 265 Å². The summed E-state index contributed by atoms with van der Waals surface area (Å²) in [6.07, 6.45) is -1.53. The number of nitrogens with one attached hydrogen (secondary N) is 1. The molecule has 1 unspecified atom stereocenters. The van der Waals surface area contributed by atoms with Crippen molar-refractivity contribution in [3.8, 4) is 11.6 Å². The number of ether oxygens (including phenoxy) is 1. The Kier molecular flexibility index (Phi) is 10.8. The van der Waals surface area contributed by atoms with Crippen molar-refractivity contribution in [1.82, 2.24) is 34.7 Å². The molecular formula is C30H39N7O9. The molecule has 0 radical (unpaired) electrons. The number of likely N-dealkylation sites (tertiary alicyclic amines) is 1. The predicted octanol–water partition coefficient (Wildman–Crippen LogP) is 0.504. The second-order valence-corrected chi connectivity index (χ2v) is 11.4. The second kappa shape index (κ2) is 14.8. The normalized spacial score (nSPS) is 17.6. The molecule has 3 N–H and O–H groups in total. The molecule has 46 heavy (non-hydrogen) atoms. The second-order valence-electron chi connectivity index (χ2n) is 11.4. The first-order chi connectivity index (χ1) is 21.9.